The van der Waals surface area contributed by atoms with E-state index in [1.165, 1.54) is 0 Å². The fourth-order valence-corrected chi connectivity index (χ4v) is 2.39. The van der Waals surface area contributed by atoms with Crippen LogP contribution in [0.3, 0.4) is 0 Å². The van der Waals surface area contributed by atoms with E-state index in [0.717, 1.165) is 11.3 Å². The molecule has 0 aliphatic rings. The molecule has 0 unspecified atom stereocenters. The second-order valence-electron chi connectivity index (χ2n) is 6.34. The molecule has 1 aromatic carbocycles. The number of H-pyrrole nitrogens is 1. The van der Waals surface area contributed by atoms with Crippen LogP contribution in [0.15, 0.2) is 18.2 Å². The van der Waals surface area contributed by atoms with E-state index < -0.39 is 0 Å². The van der Waals surface area contributed by atoms with Crippen molar-refractivity contribution in [3.63, 3.8) is 0 Å². The highest BCUT2D eigenvalue weighted by Crippen LogP contribution is 2.21. The van der Waals surface area contributed by atoms with Crippen molar-refractivity contribution in [2.24, 2.45) is 13.0 Å². The van der Waals surface area contributed by atoms with E-state index in [-0.39, 0.29) is 5.91 Å². The van der Waals surface area contributed by atoms with Crippen molar-refractivity contribution >= 4 is 23.8 Å². The molecule has 2 aromatic rings. The van der Waals surface area contributed by atoms with Gasteiger partial charge in [0, 0.05) is 24.3 Å². The standard InChI is InChI=1S/C17H25N5OS/c1-10(2)12(4)19-14-8-6-7-13(11(14)3)16(23)18-9-15-20-21-17(24)22(15)5/h6-8,10,12,19H,9H2,1-5H3,(H,18,23)(H,21,24)/t12-/m1/s1. The molecule has 1 amide bonds. The molecule has 1 atom stereocenters. The van der Waals surface area contributed by atoms with Crippen molar-refractivity contribution in [1.29, 1.82) is 0 Å². The minimum Gasteiger partial charge on any atom is -0.382 e. The summed E-state index contributed by atoms with van der Waals surface area (Å²) in [6.45, 7) is 8.75. The first-order chi connectivity index (χ1) is 11.3. The molecule has 0 saturated heterocycles. The van der Waals surface area contributed by atoms with Crippen LogP contribution >= 0.6 is 12.2 Å². The SMILES string of the molecule is Cc1c(N[C@H](C)C(C)C)cccc1C(=O)NCc1n[nH]c(=S)n1C. The number of carbonyl (C=O) groups excluding carboxylic acids is 1. The van der Waals surface area contributed by atoms with Gasteiger partial charge in [0.1, 0.15) is 0 Å². The molecular formula is C17H25N5OS. The van der Waals surface area contributed by atoms with Crippen LogP contribution in [0, 0.1) is 17.6 Å². The van der Waals surface area contributed by atoms with Gasteiger partial charge in [-0.25, -0.2) is 0 Å². The van der Waals surface area contributed by atoms with E-state index in [0.29, 0.717) is 34.7 Å². The van der Waals surface area contributed by atoms with Gasteiger partial charge in [0.2, 0.25) is 0 Å². The van der Waals surface area contributed by atoms with Crippen LogP contribution in [0.1, 0.15) is 42.5 Å². The van der Waals surface area contributed by atoms with Gasteiger partial charge in [0.25, 0.3) is 5.91 Å². The highest BCUT2D eigenvalue weighted by atomic mass is 32.1. The third-order valence-electron chi connectivity index (χ3n) is 4.34. The predicted molar refractivity (Wildman–Crippen MR) is 98.7 cm³/mol. The Bertz CT molecular complexity index is 778. The van der Waals surface area contributed by atoms with Gasteiger partial charge in [0.15, 0.2) is 10.6 Å². The van der Waals surface area contributed by atoms with Gasteiger partial charge in [-0.1, -0.05) is 19.9 Å². The Balaban J connectivity index is 2.12. The Morgan fingerprint density at radius 1 is 1.38 bits per heavy atom. The second-order valence-corrected chi connectivity index (χ2v) is 6.73. The number of hydrogen-bond acceptors (Lipinski definition) is 4. The number of nitrogens with one attached hydrogen (secondary N) is 3. The van der Waals surface area contributed by atoms with Crippen LogP contribution in [0.2, 0.25) is 0 Å². The summed E-state index contributed by atoms with van der Waals surface area (Å²) in [5, 5.41) is 13.2. The monoisotopic (exact) mass is 347 g/mol. The van der Waals surface area contributed by atoms with Crippen molar-refractivity contribution in [2.45, 2.75) is 40.3 Å². The van der Waals surface area contributed by atoms with Crippen LogP contribution in [0.5, 0.6) is 0 Å². The first kappa shape index (κ1) is 18.2. The van der Waals surface area contributed by atoms with Crippen molar-refractivity contribution < 1.29 is 4.79 Å². The maximum Gasteiger partial charge on any atom is 0.252 e. The fourth-order valence-electron chi connectivity index (χ4n) is 2.24. The molecular weight excluding hydrogens is 322 g/mol. The topological polar surface area (TPSA) is 74.7 Å². The average molecular weight is 347 g/mol. The fraction of sp³-hybridized carbons (Fsp3) is 0.471. The van der Waals surface area contributed by atoms with Crippen molar-refractivity contribution in [3.8, 4) is 0 Å². The summed E-state index contributed by atoms with van der Waals surface area (Å²) in [7, 11) is 1.82. The smallest absolute Gasteiger partial charge is 0.252 e. The average Bonchev–Trinajstić information content (AvgIpc) is 2.86. The second kappa shape index (κ2) is 7.61. The lowest BCUT2D eigenvalue weighted by molar-refractivity contribution is 0.0949. The van der Waals surface area contributed by atoms with Crippen LogP contribution in [0.25, 0.3) is 0 Å². The zero-order valence-corrected chi connectivity index (χ0v) is 15.6. The largest absolute Gasteiger partial charge is 0.382 e. The summed E-state index contributed by atoms with van der Waals surface area (Å²) >= 11 is 5.07. The van der Waals surface area contributed by atoms with Gasteiger partial charge in [-0.15, -0.1) is 0 Å². The molecule has 0 bridgehead atoms. The maximum atomic E-state index is 12.5. The summed E-state index contributed by atoms with van der Waals surface area (Å²) < 4.78 is 2.27. The number of nitrogens with zero attached hydrogens (tertiary/aromatic N) is 2. The number of aromatic nitrogens is 3. The summed E-state index contributed by atoms with van der Waals surface area (Å²) in [6.07, 6.45) is 0. The lowest BCUT2D eigenvalue weighted by atomic mass is 10.0. The maximum absolute atomic E-state index is 12.5. The van der Waals surface area contributed by atoms with E-state index in [4.69, 9.17) is 12.2 Å². The van der Waals surface area contributed by atoms with E-state index in [1.807, 2.05) is 32.2 Å². The van der Waals surface area contributed by atoms with E-state index in [1.54, 1.807) is 4.57 Å². The summed E-state index contributed by atoms with van der Waals surface area (Å²) in [5.41, 5.74) is 2.59. The molecule has 2 rings (SSSR count). The molecule has 130 valence electrons. The van der Waals surface area contributed by atoms with E-state index >= 15 is 0 Å². The molecule has 0 fully saturated rings. The lowest BCUT2D eigenvalue weighted by Crippen LogP contribution is -2.26. The Kier molecular flexibility index (Phi) is 5.77. The Morgan fingerprint density at radius 2 is 2.08 bits per heavy atom. The van der Waals surface area contributed by atoms with Crippen LogP contribution in [-0.4, -0.2) is 26.7 Å². The summed E-state index contributed by atoms with van der Waals surface area (Å²) in [5.74, 6) is 1.07. The number of aromatic amines is 1. The zero-order chi connectivity index (χ0) is 17.9. The van der Waals surface area contributed by atoms with Crippen molar-refractivity contribution in [1.82, 2.24) is 20.1 Å². The highest BCUT2D eigenvalue weighted by molar-refractivity contribution is 7.71. The van der Waals surface area contributed by atoms with Crippen molar-refractivity contribution in [2.75, 3.05) is 5.32 Å². The zero-order valence-electron chi connectivity index (χ0n) is 14.8. The van der Waals surface area contributed by atoms with Crippen LogP contribution in [-0.2, 0) is 13.6 Å². The molecule has 1 heterocycles. The minimum atomic E-state index is -0.123. The van der Waals surface area contributed by atoms with Gasteiger partial charge in [0.05, 0.1) is 6.54 Å². The third kappa shape index (κ3) is 4.03. The number of rotatable bonds is 6. The third-order valence-corrected chi connectivity index (χ3v) is 4.71. The lowest BCUT2D eigenvalue weighted by Gasteiger charge is -2.21. The molecule has 24 heavy (non-hydrogen) atoms. The number of hydrogen-bond donors (Lipinski definition) is 3. The molecule has 0 aliphatic carbocycles. The summed E-state index contributed by atoms with van der Waals surface area (Å²) in [4.78, 5) is 12.5. The molecule has 6 nitrogen and oxygen atoms in total. The van der Waals surface area contributed by atoms with E-state index in [9.17, 15) is 4.79 Å². The van der Waals surface area contributed by atoms with Crippen molar-refractivity contribution in [3.05, 3.63) is 39.9 Å². The first-order valence-electron chi connectivity index (χ1n) is 8.06. The summed E-state index contributed by atoms with van der Waals surface area (Å²) in [6, 6.07) is 6.06. The van der Waals surface area contributed by atoms with Gasteiger partial charge in [-0.05, 0) is 49.7 Å². The van der Waals surface area contributed by atoms with E-state index in [2.05, 4.69) is 41.6 Å². The Morgan fingerprint density at radius 3 is 2.67 bits per heavy atom. The normalized spacial score (nSPS) is 12.2. The number of amides is 1. The molecule has 0 radical (unpaired) electrons. The molecule has 3 N–H and O–H groups in total. The van der Waals surface area contributed by atoms with Gasteiger partial charge in [-0.3, -0.25) is 9.89 Å². The highest BCUT2D eigenvalue weighted by Gasteiger charge is 2.14. The number of benzene rings is 1. The Hall–Kier alpha value is -2.15. The minimum absolute atomic E-state index is 0.123. The molecule has 0 spiro atoms. The molecule has 7 heteroatoms. The molecule has 0 saturated carbocycles. The van der Waals surface area contributed by atoms with Crippen LogP contribution in [0.4, 0.5) is 5.69 Å². The van der Waals surface area contributed by atoms with Gasteiger partial charge in [-0.2, -0.15) is 5.10 Å². The first-order valence-corrected chi connectivity index (χ1v) is 8.46. The van der Waals surface area contributed by atoms with Crippen LogP contribution < -0.4 is 10.6 Å². The number of carbonyl (C=O) groups is 1. The van der Waals surface area contributed by atoms with Gasteiger partial charge < -0.3 is 15.2 Å². The Labute approximate surface area is 147 Å². The quantitative estimate of drug-likeness (QED) is 0.702. The predicted octanol–water partition coefficient (Wildman–Crippen LogP) is 3.17. The molecule has 0 aliphatic heterocycles. The molecule has 1 aromatic heterocycles. The number of anilines is 1. The van der Waals surface area contributed by atoms with Gasteiger partial charge >= 0.3 is 0 Å².